The molecule has 0 saturated heterocycles. The molecule has 1 unspecified atom stereocenters. The molecule has 0 saturated carbocycles. The molecular weight excluding hydrogens is 284 g/mol. The number of rotatable bonds is 3. The van der Waals surface area contributed by atoms with Gasteiger partial charge < -0.3 is 0 Å². The quantitative estimate of drug-likeness (QED) is 0.604. The van der Waals surface area contributed by atoms with E-state index in [0.29, 0.717) is 0 Å². The van der Waals surface area contributed by atoms with E-state index in [-0.39, 0.29) is 5.04 Å². The van der Waals surface area contributed by atoms with Gasteiger partial charge in [-0.1, -0.05) is 91.8 Å². The zero-order valence-electron chi connectivity index (χ0n) is 11.8. The molecular formula is C16H21ClSi2. The Labute approximate surface area is 124 Å². The van der Waals surface area contributed by atoms with Gasteiger partial charge in [-0.25, -0.2) is 0 Å². The monoisotopic (exact) mass is 304 g/mol. The molecule has 0 nitrogen and oxygen atoms in total. The Morgan fingerprint density at radius 2 is 1.11 bits per heavy atom. The smallest absolute Gasteiger partial charge is 0.144 e. The van der Waals surface area contributed by atoms with E-state index >= 15 is 0 Å². The molecule has 0 fully saturated rings. The van der Waals surface area contributed by atoms with Crippen LogP contribution in [0.2, 0.25) is 5.04 Å². The van der Waals surface area contributed by atoms with Gasteiger partial charge in [0.25, 0.3) is 0 Å². The molecule has 0 aliphatic rings. The maximum atomic E-state index is 6.99. The summed E-state index contributed by atoms with van der Waals surface area (Å²) in [5, 5.41) is 3.22. The SMILES string of the molecule is CC(C)(C)[SiH](Cl)[SiH](c1ccccc1)c1ccccc1. The maximum Gasteiger partial charge on any atom is 0.144 e. The molecule has 0 aliphatic carbocycles. The first-order valence-electron chi connectivity index (χ1n) is 6.74. The number of hydrogen-bond donors (Lipinski definition) is 0. The fraction of sp³-hybridized carbons (Fsp3) is 0.250. The van der Waals surface area contributed by atoms with E-state index in [1.165, 1.54) is 10.4 Å². The Bertz CT molecular complexity index is 466. The van der Waals surface area contributed by atoms with Gasteiger partial charge in [-0.15, -0.1) is 0 Å². The lowest BCUT2D eigenvalue weighted by Gasteiger charge is -2.30. The van der Waals surface area contributed by atoms with Crippen molar-refractivity contribution in [3.63, 3.8) is 0 Å². The van der Waals surface area contributed by atoms with Gasteiger partial charge in [0.1, 0.15) is 15.9 Å². The summed E-state index contributed by atoms with van der Waals surface area (Å²) in [6.45, 7) is 6.88. The molecule has 2 aromatic carbocycles. The molecule has 0 radical (unpaired) electrons. The second kappa shape index (κ2) is 6.08. The van der Waals surface area contributed by atoms with Crippen LogP contribution in [0.1, 0.15) is 20.8 Å². The molecule has 2 rings (SSSR count). The average Bonchev–Trinajstić information content (AvgIpc) is 2.40. The third-order valence-corrected chi connectivity index (χ3v) is 19.2. The Morgan fingerprint density at radius 3 is 1.42 bits per heavy atom. The molecule has 2 aromatic rings. The van der Waals surface area contributed by atoms with Crippen molar-refractivity contribution in [2.75, 3.05) is 0 Å². The van der Waals surface area contributed by atoms with Gasteiger partial charge in [-0.3, -0.25) is 0 Å². The number of benzene rings is 2. The van der Waals surface area contributed by atoms with Gasteiger partial charge in [0.2, 0.25) is 0 Å². The summed E-state index contributed by atoms with van der Waals surface area (Å²) in [4.78, 5) is 0. The van der Waals surface area contributed by atoms with Crippen molar-refractivity contribution in [3.8, 4) is 0 Å². The lowest BCUT2D eigenvalue weighted by molar-refractivity contribution is 0.758. The highest BCUT2D eigenvalue weighted by molar-refractivity contribution is 7.50. The van der Waals surface area contributed by atoms with Crippen LogP contribution in [-0.4, -0.2) is 15.9 Å². The Hall–Kier alpha value is -0.836. The summed E-state index contributed by atoms with van der Waals surface area (Å²) < 4.78 is 0. The third kappa shape index (κ3) is 3.59. The van der Waals surface area contributed by atoms with Crippen LogP contribution >= 0.6 is 11.1 Å². The minimum Gasteiger partial charge on any atom is -0.174 e. The van der Waals surface area contributed by atoms with Crippen LogP contribution in [-0.2, 0) is 0 Å². The van der Waals surface area contributed by atoms with E-state index < -0.39 is 15.9 Å². The minimum absolute atomic E-state index is 0.254. The van der Waals surface area contributed by atoms with Crippen LogP contribution in [0.3, 0.4) is 0 Å². The first-order valence-corrected chi connectivity index (χ1v) is 12.9. The van der Waals surface area contributed by atoms with E-state index in [4.69, 9.17) is 11.1 Å². The average molecular weight is 305 g/mol. The lowest BCUT2D eigenvalue weighted by Crippen LogP contribution is -2.55. The van der Waals surface area contributed by atoms with Crippen molar-refractivity contribution in [3.05, 3.63) is 60.7 Å². The van der Waals surface area contributed by atoms with Crippen molar-refractivity contribution >= 4 is 37.4 Å². The highest BCUT2D eigenvalue weighted by Gasteiger charge is 2.35. The second-order valence-corrected chi connectivity index (χ2v) is 17.6. The van der Waals surface area contributed by atoms with Gasteiger partial charge in [-0.2, -0.15) is 11.1 Å². The Kier molecular flexibility index (Phi) is 4.66. The topological polar surface area (TPSA) is 0 Å². The van der Waals surface area contributed by atoms with Crippen LogP contribution in [0, 0.1) is 0 Å². The maximum absolute atomic E-state index is 6.99. The van der Waals surface area contributed by atoms with Gasteiger partial charge in [0, 0.05) is 0 Å². The van der Waals surface area contributed by atoms with Crippen LogP contribution in [0.25, 0.3) is 0 Å². The van der Waals surface area contributed by atoms with E-state index in [9.17, 15) is 0 Å². The Morgan fingerprint density at radius 1 is 0.737 bits per heavy atom. The molecule has 19 heavy (non-hydrogen) atoms. The molecule has 100 valence electrons. The summed E-state index contributed by atoms with van der Waals surface area (Å²) in [5.74, 6) is 0. The van der Waals surface area contributed by atoms with Crippen molar-refractivity contribution in [1.82, 2.24) is 0 Å². The number of halogens is 1. The highest BCUT2D eigenvalue weighted by Crippen LogP contribution is 2.30. The molecule has 3 heteroatoms. The summed E-state index contributed by atoms with van der Waals surface area (Å²) in [6.07, 6.45) is 0. The van der Waals surface area contributed by atoms with Gasteiger partial charge in [0.05, 0.1) is 0 Å². The molecule has 0 amide bonds. The van der Waals surface area contributed by atoms with Crippen molar-refractivity contribution in [2.24, 2.45) is 0 Å². The predicted octanol–water partition coefficient (Wildman–Crippen LogP) is 2.87. The standard InChI is InChI=1S/C16H21ClSi2/c1-16(2,3)19(17)18(14-10-6-4-7-11-14)15-12-8-5-9-13-15/h4-13,18-19H,1-3H3. The summed E-state index contributed by atoms with van der Waals surface area (Å²) in [6, 6.07) is 21.8. The van der Waals surface area contributed by atoms with E-state index in [1.54, 1.807) is 0 Å². The molecule has 0 spiro atoms. The highest BCUT2D eigenvalue weighted by atomic mass is 35.6. The van der Waals surface area contributed by atoms with Crippen molar-refractivity contribution in [1.29, 1.82) is 0 Å². The Balaban J connectivity index is 2.46. The van der Waals surface area contributed by atoms with Crippen molar-refractivity contribution < 1.29 is 0 Å². The molecule has 0 bridgehead atoms. The summed E-state index contributed by atoms with van der Waals surface area (Å²) >= 11 is 6.99. The molecule has 0 N–H and O–H groups in total. The first-order chi connectivity index (χ1) is 9.00. The molecule has 0 aromatic heterocycles. The van der Waals surface area contributed by atoms with Crippen molar-refractivity contribution in [2.45, 2.75) is 25.8 Å². The molecule has 1 atom stereocenters. The summed E-state index contributed by atoms with van der Waals surface area (Å²) in [5.41, 5.74) is 0. The molecule has 0 aliphatic heterocycles. The van der Waals surface area contributed by atoms with Gasteiger partial charge >= 0.3 is 0 Å². The molecule has 0 heterocycles. The third-order valence-electron chi connectivity index (χ3n) is 3.44. The normalized spacial score (nSPS) is 13.5. The van der Waals surface area contributed by atoms with Crippen LogP contribution in [0.4, 0.5) is 0 Å². The largest absolute Gasteiger partial charge is 0.174 e. The lowest BCUT2D eigenvalue weighted by atomic mass is 10.3. The van der Waals surface area contributed by atoms with E-state index in [0.717, 1.165) is 0 Å². The van der Waals surface area contributed by atoms with Crippen LogP contribution < -0.4 is 10.4 Å². The fourth-order valence-corrected chi connectivity index (χ4v) is 14.7. The predicted molar refractivity (Wildman–Crippen MR) is 92.0 cm³/mol. The zero-order valence-corrected chi connectivity index (χ0v) is 14.9. The van der Waals surface area contributed by atoms with Gasteiger partial charge in [0.15, 0.2) is 0 Å². The van der Waals surface area contributed by atoms with E-state index in [1.807, 2.05) is 0 Å². The van der Waals surface area contributed by atoms with Gasteiger partial charge in [-0.05, 0) is 5.04 Å². The minimum atomic E-state index is -1.35. The first kappa shape index (κ1) is 14.6. The van der Waals surface area contributed by atoms with Crippen LogP contribution in [0.5, 0.6) is 0 Å². The zero-order chi connectivity index (χ0) is 13.9. The summed E-state index contributed by atoms with van der Waals surface area (Å²) in [7, 11) is -2.61. The fourth-order valence-electron chi connectivity index (χ4n) is 2.35. The second-order valence-electron chi connectivity index (χ2n) is 6.07. The number of hydrogen-bond acceptors (Lipinski definition) is 0. The van der Waals surface area contributed by atoms with Crippen LogP contribution in [0.15, 0.2) is 60.7 Å². The van der Waals surface area contributed by atoms with E-state index in [2.05, 4.69) is 81.4 Å².